The average Bonchev–Trinajstić information content (AvgIpc) is 2.81. The largest absolute Gasteiger partial charge is 0.493 e. The predicted molar refractivity (Wildman–Crippen MR) is 96.0 cm³/mol. The molecule has 0 bridgehead atoms. The van der Waals surface area contributed by atoms with Gasteiger partial charge >= 0.3 is 7.12 Å². The number of hydrogen-bond acceptors (Lipinski definition) is 3. The highest BCUT2D eigenvalue weighted by Gasteiger charge is 2.46. The number of aromatic nitrogens is 2. The van der Waals surface area contributed by atoms with Gasteiger partial charge in [-0.15, -0.1) is 0 Å². The SMILES string of the molecule is CC(C)[Si](C(C)C)(C(C)C)n1ccc2c(B(O)O)c(F)ncc21. The van der Waals surface area contributed by atoms with Gasteiger partial charge in [-0.3, -0.25) is 0 Å². The number of hydrogen-bond donors (Lipinski definition) is 2. The lowest BCUT2D eigenvalue weighted by molar-refractivity contribution is 0.422. The van der Waals surface area contributed by atoms with Crippen molar-refractivity contribution in [2.24, 2.45) is 0 Å². The summed E-state index contributed by atoms with van der Waals surface area (Å²) < 4.78 is 16.2. The quantitative estimate of drug-likeness (QED) is 0.652. The zero-order valence-corrected chi connectivity index (χ0v) is 15.7. The van der Waals surface area contributed by atoms with Crippen molar-refractivity contribution in [3.05, 3.63) is 24.4 Å². The Hall–Kier alpha value is -1.18. The van der Waals surface area contributed by atoms with Crippen LogP contribution in [0.1, 0.15) is 41.5 Å². The van der Waals surface area contributed by atoms with E-state index in [0.717, 1.165) is 5.52 Å². The second-order valence-electron chi connectivity index (χ2n) is 7.17. The first-order chi connectivity index (χ1) is 10.7. The van der Waals surface area contributed by atoms with Crippen LogP contribution in [-0.2, 0) is 0 Å². The first kappa shape index (κ1) is 18.2. The molecular weight excluding hydrogens is 310 g/mol. The molecule has 2 aromatic heterocycles. The van der Waals surface area contributed by atoms with E-state index in [1.807, 2.05) is 6.20 Å². The molecule has 2 heterocycles. The minimum Gasteiger partial charge on any atom is -0.423 e. The van der Waals surface area contributed by atoms with E-state index in [1.165, 1.54) is 6.20 Å². The van der Waals surface area contributed by atoms with Crippen molar-refractivity contribution in [1.29, 1.82) is 0 Å². The lowest BCUT2D eigenvalue weighted by Gasteiger charge is -2.44. The zero-order valence-electron chi connectivity index (χ0n) is 14.7. The minimum absolute atomic E-state index is 0.139. The lowest BCUT2D eigenvalue weighted by Crippen LogP contribution is -2.51. The minimum atomic E-state index is -2.00. The molecule has 23 heavy (non-hydrogen) atoms. The fraction of sp³-hybridized carbons (Fsp3) is 0.562. The summed E-state index contributed by atoms with van der Waals surface area (Å²) in [6.45, 7) is 13.5. The first-order valence-electron chi connectivity index (χ1n) is 8.17. The lowest BCUT2D eigenvalue weighted by atomic mass is 9.79. The van der Waals surface area contributed by atoms with E-state index >= 15 is 0 Å². The molecule has 0 amide bonds. The Morgan fingerprint density at radius 2 is 1.61 bits per heavy atom. The highest BCUT2D eigenvalue weighted by atomic mass is 28.3. The number of rotatable bonds is 5. The van der Waals surface area contributed by atoms with Crippen molar-refractivity contribution in [2.45, 2.75) is 58.2 Å². The maximum Gasteiger partial charge on any atom is 0.493 e. The van der Waals surface area contributed by atoms with Crippen molar-refractivity contribution < 1.29 is 14.4 Å². The molecule has 0 radical (unpaired) electrons. The van der Waals surface area contributed by atoms with E-state index in [4.69, 9.17) is 0 Å². The molecule has 0 spiro atoms. The van der Waals surface area contributed by atoms with Crippen LogP contribution >= 0.6 is 0 Å². The third kappa shape index (κ3) is 2.64. The molecule has 0 aliphatic rings. The summed E-state index contributed by atoms with van der Waals surface area (Å²) in [6.07, 6.45) is 3.50. The Kier molecular flexibility index (Phi) is 5.04. The van der Waals surface area contributed by atoms with E-state index < -0.39 is 21.3 Å². The van der Waals surface area contributed by atoms with Gasteiger partial charge in [-0.1, -0.05) is 41.5 Å². The molecule has 0 saturated heterocycles. The van der Waals surface area contributed by atoms with Gasteiger partial charge in [-0.2, -0.15) is 4.39 Å². The smallest absolute Gasteiger partial charge is 0.423 e. The molecule has 0 saturated carbocycles. The van der Waals surface area contributed by atoms with Gasteiger partial charge in [0, 0.05) is 10.8 Å². The molecule has 2 aromatic rings. The highest BCUT2D eigenvalue weighted by molar-refractivity contribution is 6.82. The summed E-state index contributed by atoms with van der Waals surface area (Å²) in [5, 5.41) is 19.6. The maximum atomic E-state index is 13.9. The highest BCUT2D eigenvalue weighted by Crippen LogP contribution is 2.43. The fourth-order valence-corrected chi connectivity index (χ4v) is 11.1. The number of fused-ring (bicyclic) bond motifs is 1. The van der Waals surface area contributed by atoms with Crippen molar-refractivity contribution >= 4 is 31.7 Å². The van der Waals surface area contributed by atoms with Crippen LogP contribution in [0, 0.1) is 5.95 Å². The van der Waals surface area contributed by atoms with Crippen LogP contribution in [0.3, 0.4) is 0 Å². The van der Waals surface area contributed by atoms with E-state index in [-0.39, 0.29) is 5.46 Å². The van der Waals surface area contributed by atoms with Crippen LogP contribution in [0.15, 0.2) is 18.5 Å². The Morgan fingerprint density at radius 1 is 1.09 bits per heavy atom. The zero-order chi connectivity index (χ0) is 17.5. The number of nitrogens with zero attached hydrogens (tertiary/aromatic N) is 2. The third-order valence-corrected chi connectivity index (χ3v) is 12.0. The van der Waals surface area contributed by atoms with E-state index in [0.29, 0.717) is 22.0 Å². The monoisotopic (exact) mass is 336 g/mol. The number of halogens is 1. The molecule has 0 unspecified atom stereocenters. The van der Waals surface area contributed by atoms with Crippen molar-refractivity contribution in [2.75, 3.05) is 0 Å². The van der Waals surface area contributed by atoms with Crippen LogP contribution in [0.2, 0.25) is 16.6 Å². The molecule has 4 nitrogen and oxygen atoms in total. The van der Waals surface area contributed by atoms with Crippen LogP contribution in [0.5, 0.6) is 0 Å². The summed E-state index contributed by atoms with van der Waals surface area (Å²) >= 11 is 0. The van der Waals surface area contributed by atoms with E-state index in [1.54, 1.807) is 6.07 Å². The topological polar surface area (TPSA) is 58.3 Å². The Balaban J connectivity index is 2.84. The van der Waals surface area contributed by atoms with Gasteiger partial charge in [-0.05, 0) is 28.9 Å². The Morgan fingerprint density at radius 3 is 2.04 bits per heavy atom. The molecule has 2 N–H and O–H groups in total. The molecule has 0 aromatic carbocycles. The Labute approximate surface area is 138 Å². The molecule has 0 atom stereocenters. The van der Waals surface area contributed by atoms with Crippen molar-refractivity contribution in [1.82, 2.24) is 9.22 Å². The summed E-state index contributed by atoms with van der Waals surface area (Å²) in [6, 6.07) is 1.78. The van der Waals surface area contributed by atoms with Gasteiger partial charge < -0.3 is 14.3 Å². The van der Waals surface area contributed by atoms with Gasteiger partial charge in [-0.25, -0.2) is 4.98 Å². The van der Waals surface area contributed by atoms with E-state index in [9.17, 15) is 14.4 Å². The second kappa shape index (κ2) is 6.38. The number of pyridine rings is 1. The maximum absolute atomic E-state index is 13.9. The summed E-state index contributed by atoms with van der Waals surface area (Å²) in [7, 11) is -3.87. The standard InChI is InChI=1S/C16H26BFN2O2Si/c1-10(2)23(11(3)4,12(5)6)20-8-7-13-14(20)9-19-16(18)15(13)17(21)22/h7-12,21-22H,1-6H3. The second-order valence-corrected chi connectivity index (χ2v) is 12.9. The molecule has 7 heteroatoms. The van der Waals surface area contributed by atoms with Gasteiger partial charge in [0.1, 0.15) is 0 Å². The average molecular weight is 336 g/mol. The predicted octanol–water partition coefficient (Wildman–Crippen LogP) is 2.88. The Bertz CT molecular complexity index is 679. The van der Waals surface area contributed by atoms with Gasteiger partial charge in [0.2, 0.25) is 5.95 Å². The van der Waals surface area contributed by atoms with Gasteiger partial charge in [0.15, 0.2) is 8.24 Å². The molecule has 126 valence electrons. The van der Waals surface area contributed by atoms with Crippen molar-refractivity contribution in [3.63, 3.8) is 0 Å². The summed E-state index contributed by atoms with van der Waals surface area (Å²) in [5.41, 5.74) is 2.08. The van der Waals surface area contributed by atoms with Gasteiger partial charge in [0.25, 0.3) is 0 Å². The molecule has 2 rings (SSSR count). The van der Waals surface area contributed by atoms with Crippen LogP contribution < -0.4 is 5.46 Å². The van der Waals surface area contributed by atoms with Gasteiger partial charge in [0.05, 0.1) is 11.7 Å². The molecule has 0 fully saturated rings. The van der Waals surface area contributed by atoms with Crippen LogP contribution in [0.25, 0.3) is 10.9 Å². The van der Waals surface area contributed by atoms with Crippen LogP contribution in [0.4, 0.5) is 4.39 Å². The third-order valence-electron chi connectivity index (χ3n) is 5.19. The van der Waals surface area contributed by atoms with E-state index in [2.05, 4.69) is 50.8 Å². The first-order valence-corrected chi connectivity index (χ1v) is 10.4. The fourth-order valence-electron chi connectivity index (χ4n) is 4.52. The molecular formula is C16H26BFN2O2Si. The molecule has 0 aliphatic heterocycles. The molecule has 0 aliphatic carbocycles. The van der Waals surface area contributed by atoms with Crippen LogP contribution in [-0.4, -0.2) is 34.6 Å². The van der Waals surface area contributed by atoms with Crippen molar-refractivity contribution in [3.8, 4) is 0 Å². The normalized spacial score (nSPS) is 12.9. The summed E-state index contributed by atoms with van der Waals surface area (Å²) in [4.78, 5) is 3.77. The summed E-state index contributed by atoms with van der Waals surface area (Å²) in [5.74, 6) is -0.823.